The molecule has 0 aliphatic rings. The average molecular weight is 151 g/mol. The van der Waals surface area contributed by atoms with Crippen LogP contribution in [0.25, 0.3) is 0 Å². The summed E-state index contributed by atoms with van der Waals surface area (Å²) in [5, 5.41) is 3.17. The second-order valence-corrected chi connectivity index (χ2v) is 2.90. The van der Waals surface area contributed by atoms with E-state index in [4.69, 9.17) is 0 Å². The lowest BCUT2D eigenvalue weighted by Crippen LogP contribution is -2.07. The minimum absolute atomic E-state index is 0. The quantitative estimate of drug-likeness (QED) is 0.683. The van der Waals surface area contributed by atoms with Gasteiger partial charge in [-0.15, -0.1) is 0 Å². The minimum atomic E-state index is 0. The molecule has 0 aliphatic carbocycles. The summed E-state index contributed by atoms with van der Waals surface area (Å²) in [6, 6.07) is 6.41. The van der Waals surface area contributed by atoms with Crippen LogP contribution in [0.1, 0.15) is 18.1 Å². The molecule has 62 valence electrons. The third kappa shape index (κ3) is 1.81. The van der Waals surface area contributed by atoms with Crippen LogP contribution in [0.5, 0.6) is 0 Å². The highest BCUT2D eigenvalue weighted by Crippen LogP contribution is 2.11. The number of hydrogen-bond acceptors (Lipinski definition) is 1. The normalized spacial score (nSPS) is 10.1. The Bertz CT molecular complexity index is 225. The number of hydrogen-bond donors (Lipinski definition) is 1. The first-order valence-corrected chi connectivity index (χ1v) is 3.95. The monoisotopic (exact) mass is 151 g/mol. The maximum Gasteiger partial charge on any atom is 0.0207 e. The summed E-state index contributed by atoms with van der Waals surface area (Å²) >= 11 is 0. The maximum atomic E-state index is 3.17. The van der Waals surface area contributed by atoms with Gasteiger partial charge in [-0.1, -0.05) is 18.2 Å². The van der Waals surface area contributed by atoms with E-state index in [1.165, 1.54) is 16.7 Å². The Labute approximate surface area is 69.9 Å². The molecule has 0 saturated carbocycles. The number of aryl methyl sites for hydroxylation is 2. The Morgan fingerprint density at radius 1 is 1.27 bits per heavy atom. The zero-order chi connectivity index (χ0) is 8.27. The van der Waals surface area contributed by atoms with Crippen LogP contribution in [0.15, 0.2) is 18.2 Å². The average Bonchev–Trinajstić information content (AvgIpc) is 1.97. The van der Waals surface area contributed by atoms with Gasteiger partial charge in [0.05, 0.1) is 0 Å². The lowest BCUT2D eigenvalue weighted by molar-refractivity contribution is 0.806. The third-order valence-electron chi connectivity index (χ3n) is 2.00. The van der Waals surface area contributed by atoms with Crippen LogP contribution >= 0.6 is 0 Å². The van der Waals surface area contributed by atoms with Crippen molar-refractivity contribution in [3.63, 3.8) is 0 Å². The molecule has 0 heterocycles. The molecule has 1 N–H and O–H groups in total. The Morgan fingerprint density at radius 3 is 2.27 bits per heavy atom. The first kappa shape index (κ1) is 8.28. The molecule has 1 heteroatoms. The van der Waals surface area contributed by atoms with Crippen molar-refractivity contribution in [2.45, 2.75) is 20.4 Å². The van der Waals surface area contributed by atoms with Gasteiger partial charge in [0.25, 0.3) is 0 Å². The van der Waals surface area contributed by atoms with Crippen molar-refractivity contribution in [2.75, 3.05) is 7.05 Å². The summed E-state index contributed by atoms with van der Waals surface area (Å²) in [7, 11) is 1.98. The fourth-order valence-corrected chi connectivity index (χ4v) is 1.30. The van der Waals surface area contributed by atoms with Crippen LogP contribution in [0.4, 0.5) is 0 Å². The molecule has 0 fully saturated rings. The van der Waals surface area contributed by atoms with E-state index in [1.54, 1.807) is 0 Å². The molecule has 1 aromatic carbocycles. The summed E-state index contributed by atoms with van der Waals surface area (Å²) in [4.78, 5) is 0. The predicted octanol–water partition coefficient (Wildman–Crippen LogP) is 2.27. The molecule has 0 aromatic heterocycles. The Morgan fingerprint density at radius 2 is 1.82 bits per heavy atom. The van der Waals surface area contributed by atoms with E-state index < -0.39 is 0 Å². The van der Waals surface area contributed by atoms with Crippen molar-refractivity contribution in [1.29, 1.82) is 0 Å². The van der Waals surface area contributed by atoms with Crippen LogP contribution < -0.4 is 5.32 Å². The molecular weight excluding hydrogens is 134 g/mol. The maximum absolute atomic E-state index is 3.17. The van der Waals surface area contributed by atoms with Crippen molar-refractivity contribution >= 4 is 0 Å². The van der Waals surface area contributed by atoms with Crippen LogP contribution in [0, 0.1) is 13.8 Å². The molecular formula is C10H17N. The summed E-state index contributed by atoms with van der Waals surface area (Å²) in [5.41, 5.74) is 4.17. The van der Waals surface area contributed by atoms with Crippen LogP contribution in [0.3, 0.4) is 0 Å². The van der Waals surface area contributed by atoms with Gasteiger partial charge < -0.3 is 5.32 Å². The van der Waals surface area contributed by atoms with Gasteiger partial charge in [-0.2, -0.15) is 0 Å². The SMILES string of the molecule is CNCc1c(C)cccc1C.[HH]. The van der Waals surface area contributed by atoms with Crippen molar-refractivity contribution in [2.24, 2.45) is 0 Å². The molecule has 0 aliphatic heterocycles. The standard InChI is InChI=1S/C10H15N.H2/c1-8-5-4-6-9(2)10(8)7-11-3;/h4-6,11H,7H2,1-3H3;1H. The molecule has 0 amide bonds. The first-order chi connectivity index (χ1) is 5.25. The number of nitrogens with one attached hydrogen (secondary N) is 1. The van der Waals surface area contributed by atoms with E-state index in [0.29, 0.717) is 0 Å². The fraction of sp³-hybridized carbons (Fsp3) is 0.400. The van der Waals surface area contributed by atoms with Crippen LogP contribution in [0.2, 0.25) is 0 Å². The van der Waals surface area contributed by atoms with Crippen molar-refractivity contribution in [1.82, 2.24) is 5.32 Å². The highest BCUT2D eigenvalue weighted by molar-refractivity contribution is 5.33. The van der Waals surface area contributed by atoms with E-state index in [9.17, 15) is 0 Å². The Hall–Kier alpha value is -0.820. The van der Waals surface area contributed by atoms with E-state index in [1.807, 2.05) is 7.05 Å². The van der Waals surface area contributed by atoms with Gasteiger partial charge in [-0.25, -0.2) is 0 Å². The van der Waals surface area contributed by atoms with E-state index in [2.05, 4.69) is 37.4 Å². The Kier molecular flexibility index (Phi) is 2.66. The predicted molar refractivity (Wildman–Crippen MR) is 50.8 cm³/mol. The zero-order valence-corrected chi connectivity index (χ0v) is 7.44. The second-order valence-electron chi connectivity index (χ2n) is 2.90. The third-order valence-corrected chi connectivity index (χ3v) is 2.00. The molecule has 0 saturated heterocycles. The van der Waals surface area contributed by atoms with Gasteiger partial charge in [-0.3, -0.25) is 0 Å². The van der Waals surface area contributed by atoms with E-state index in [-0.39, 0.29) is 1.43 Å². The molecule has 0 radical (unpaired) electrons. The smallest absolute Gasteiger partial charge is 0.0207 e. The largest absolute Gasteiger partial charge is 0.316 e. The summed E-state index contributed by atoms with van der Waals surface area (Å²) in [6.07, 6.45) is 0. The molecule has 0 unspecified atom stereocenters. The molecule has 0 bridgehead atoms. The van der Waals surface area contributed by atoms with Gasteiger partial charge in [0.1, 0.15) is 0 Å². The molecule has 1 rings (SSSR count). The van der Waals surface area contributed by atoms with Crippen molar-refractivity contribution in [3.8, 4) is 0 Å². The topological polar surface area (TPSA) is 12.0 Å². The zero-order valence-electron chi connectivity index (χ0n) is 7.44. The molecule has 0 spiro atoms. The van der Waals surface area contributed by atoms with Gasteiger partial charge in [0.2, 0.25) is 0 Å². The summed E-state index contributed by atoms with van der Waals surface area (Å²) < 4.78 is 0. The molecule has 0 atom stereocenters. The number of rotatable bonds is 2. The van der Waals surface area contributed by atoms with Crippen molar-refractivity contribution in [3.05, 3.63) is 34.9 Å². The first-order valence-electron chi connectivity index (χ1n) is 3.95. The minimum Gasteiger partial charge on any atom is -0.316 e. The van der Waals surface area contributed by atoms with Gasteiger partial charge in [0.15, 0.2) is 0 Å². The molecule has 1 nitrogen and oxygen atoms in total. The van der Waals surface area contributed by atoms with Gasteiger partial charge in [-0.05, 0) is 37.6 Å². The van der Waals surface area contributed by atoms with E-state index in [0.717, 1.165) is 6.54 Å². The van der Waals surface area contributed by atoms with Crippen LogP contribution in [-0.2, 0) is 6.54 Å². The lowest BCUT2D eigenvalue weighted by Gasteiger charge is -2.07. The molecule has 1 aromatic rings. The summed E-state index contributed by atoms with van der Waals surface area (Å²) in [6.45, 7) is 5.28. The van der Waals surface area contributed by atoms with Gasteiger partial charge in [0, 0.05) is 7.97 Å². The molecule has 11 heavy (non-hydrogen) atoms. The summed E-state index contributed by atoms with van der Waals surface area (Å²) in [5.74, 6) is 0. The number of benzene rings is 1. The highest BCUT2D eigenvalue weighted by atomic mass is 14.8. The Balaban J connectivity index is 0.00000121. The fourth-order valence-electron chi connectivity index (χ4n) is 1.30. The second kappa shape index (κ2) is 3.54. The van der Waals surface area contributed by atoms with Crippen LogP contribution in [-0.4, -0.2) is 7.05 Å². The van der Waals surface area contributed by atoms with Gasteiger partial charge >= 0.3 is 0 Å². The lowest BCUT2D eigenvalue weighted by atomic mass is 10.0. The highest BCUT2D eigenvalue weighted by Gasteiger charge is 1.98. The van der Waals surface area contributed by atoms with E-state index >= 15 is 0 Å². The van der Waals surface area contributed by atoms with Crippen molar-refractivity contribution < 1.29 is 1.43 Å².